The summed E-state index contributed by atoms with van der Waals surface area (Å²) < 4.78 is 0. The molecule has 1 N–H and O–H groups in total. The second kappa shape index (κ2) is 4.60. The Labute approximate surface area is 89.9 Å². The van der Waals surface area contributed by atoms with Crippen LogP contribution in [0.4, 0.5) is 5.69 Å². The van der Waals surface area contributed by atoms with Crippen molar-refractivity contribution in [2.75, 3.05) is 11.9 Å². The van der Waals surface area contributed by atoms with E-state index in [2.05, 4.69) is 36.3 Å². The van der Waals surface area contributed by atoms with Gasteiger partial charge in [-0.05, 0) is 11.8 Å². The van der Waals surface area contributed by atoms with Gasteiger partial charge in [-0.25, -0.2) is 0 Å². The third kappa shape index (κ3) is 3.50. The zero-order chi connectivity index (χ0) is 10.6. The number of anilines is 1. The molecule has 1 rings (SSSR count). The van der Waals surface area contributed by atoms with Crippen LogP contribution in [-0.4, -0.2) is 16.7 Å². The highest BCUT2D eigenvalue weighted by Gasteiger charge is 2.14. The van der Waals surface area contributed by atoms with E-state index in [-0.39, 0.29) is 5.41 Å². The van der Waals surface area contributed by atoms with Gasteiger partial charge in [0.2, 0.25) is 0 Å². The van der Waals surface area contributed by atoms with Gasteiger partial charge >= 0.3 is 0 Å². The predicted molar refractivity (Wildman–Crippen MR) is 59.6 cm³/mol. The molecule has 0 aliphatic heterocycles. The van der Waals surface area contributed by atoms with Gasteiger partial charge in [-0.15, -0.1) is 5.10 Å². The summed E-state index contributed by atoms with van der Waals surface area (Å²) in [5, 5.41) is 11.2. The van der Waals surface area contributed by atoms with E-state index in [9.17, 15) is 0 Å². The molecule has 1 heterocycles. The van der Waals surface area contributed by atoms with E-state index in [4.69, 9.17) is 11.6 Å². The maximum Gasteiger partial charge on any atom is 0.153 e. The van der Waals surface area contributed by atoms with Crippen LogP contribution in [0.2, 0.25) is 5.15 Å². The van der Waals surface area contributed by atoms with E-state index >= 15 is 0 Å². The van der Waals surface area contributed by atoms with Crippen LogP contribution in [0, 0.1) is 5.41 Å². The summed E-state index contributed by atoms with van der Waals surface area (Å²) in [6.45, 7) is 7.53. The largest absolute Gasteiger partial charge is 0.383 e. The molecule has 0 fully saturated rings. The highest BCUT2D eigenvalue weighted by Crippen LogP contribution is 2.20. The minimum atomic E-state index is 0.287. The molecule has 0 aliphatic rings. The molecule has 0 saturated heterocycles. The minimum absolute atomic E-state index is 0.287. The van der Waals surface area contributed by atoms with Gasteiger partial charge in [-0.1, -0.05) is 32.4 Å². The van der Waals surface area contributed by atoms with E-state index in [0.717, 1.165) is 18.7 Å². The first kappa shape index (κ1) is 11.2. The molecule has 0 spiro atoms. The first-order valence-corrected chi connectivity index (χ1v) is 5.13. The lowest BCUT2D eigenvalue weighted by atomic mass is 9.90. The average Bonchev–Trinajstić information content (AvgIpc) is 2.15. The molecule has 4 heteroatoms. The number of nitrogens with one attached hydrogen (secondary N) is 1. The van der Waals surface area contributed by atoms with E-state index in [0.29, 0.717) is 5.15 Å². The van der Waals surface area contributed by atoms with Gasteiger partial charge in [-0.2, -0.15) is 5.10 Å². The second-order valence-electron chi connectivity index (χ2n) is 4.14. The van der Waals surface area contributed by atoms with E-state index in [1.54, 1.807) is 12.3 Å². The highest BCUT2D eigenvalue weighted by molar-refractivity contribution is 6.29. The van der Waals surface area contributed by atoms with Crippen molar-refractivity contribution in [2.45, 2.75) is 27.2 Å². The van der Waals surface area contributed by atoms with E-state index in [1.165, 1.54) is 0 Å². The summed E-state index contributed by atoms with van der Waals surface area (Å²) in [5.74, 6) is 0. The summed E-state index contributed by atoms with van der Waals surface area (Å²) in [6.07, 6.45) is 2.81. The van der Waals surface area contributed by atoms with Gasteiger partial charge in [-0.3, -0.25) is 0 Å². The molecule has 0 amide bonds. The SMILES string of the molecule is CCC(C)(C)CNc1cnnc(Cl)c1. The maximum absolute atomic E-state index is 5.72. The Hall–Kier alpha value is -0.830. The van der Waals surface area contributed by atoms with Crippen LogP contribution in [0.3, 0.4) is 0 Å². The van der Waals surface area contributed by atoms with Crippen LogP contribution < -0.4 is 5.32 Å². The fourth-order valence-electron chi connectivity index (χ4n) is 0.904. The molecule has 0 aliphatic carbocycles. The molecule has 0 aromatic carbocycles. The molecule has 3 nitrogen and oxygen atoms in total. The Kier molecular flexibility index (Phi) is 3.69. The standard InChI is InChI=1S/C10H16ClN3/c1-4-10(2,3)7-12-8-5-9(11)14-13-6-8/h5-6H,4,7H2,1-3H3,(H,12,14). The van der Waals surface area contributed by atoms with Gasteiger partial charge < -0.3 is 5.32 Å². The molecular weight excluding hydrogens is 198 g/mol. The molecule has 0 saturated carbocycles. The number of halogens is 1. The molecule has 78 valence electrons. The molecule has 14 heavy (non-hydrogen) atoms. The van der Waals surface area contributed by atoms with Gasteiger partial charge in [0, 0.05) is 12.6 Å². The van der Waals surface area contributed by atoms with Crippen molar-refractivity contribution in [1.29, 1.82) is 0 Å². The quantitative estimate of drug-likeness (QED) is 0.836. The topological polar surface area (TPSA) is 37.8 Å². The Morgan fingerprint density at radius 2 is 2.21 bits per heavy atom. The first-order valence-electron chi connectivity index (χ1n) is 4.75. The van der Waals surface area contributed by atoms with Crippen LogP contribution in [-0.2, 0) is 0 Å². The molecule has 1 aromatic rings. The smallest absolute Gasteiger partial charge is 0.153 e. The number of rotatable bonds is 4. The van der Waals surface area contributed by atoms with Crippen molar-refractivity contribution in [3.8, 4) is 0 Å². The molecule has 0 radical (unpaired) electrons. The normalized spacial score (nSPS) is 11.4. The zero-order valence-corrected chi connectivity index (χ0v) is 9.60. The van der Waals surface area contributed by atoms with Crippen LogP contribution >= 0.6 is 11.6 Å². The van der Waals surface area contributed by atoms with Crippen molar-refractivity contribution in [3.05, 3.63) is 17.4 Å². The van der Waals surface area contributed by atoms with Crippen LogP contribution in [0.1, 0.15) is 27.2 Å². The van der Waals surface area contributed by atoms with E-state index < -0.39 is 0 Å². The Morgan fingerprint density at radius 1 is 1.50 bits per heavy atom. The lowest BCUT2D eigenvalue weighted by Crippen LogP contribution is -2.22. The number of nitrogens with zero attached hydrogens (tertiary/aromatic N) is 2. The maximum atomic E-state index is 5.72. The monoisotopic (exact) mass is 213 g/mol. The predicted octanol–water partition coefficient (Wildman–Crippen LogP) is 2.98. The first-order chi connectivity index (χ1) is 6.53. The van der Waals surface area contributed by atoms with Gasteiger partial charge in [0.15, 0.2) is 5.15 Å². The lowest BCUT2D eigenvalue weighted by molar-refractivity contribution is 0.377. The minimum Gasteiger partial charge on any atom is -0.383 e. The van der Waals surface area contributed by atoms with Gasteiger partial charge in [0.1, 0.15) is 0 Å². The molecule has 1 aromatic heterocycles. The highest BCUT2D eigenvalue weighted by atomic mass is 35.5. The average molecular weight is 214 g/mol. The summed E-state index contributed by atoms with van der Waals surface area (Å²) >= 11 is 5.72. The molecular formula is C10H16ClN3. The summed E-state index contributed by atoms with van der Waals surface area (Å²) in [6, 6.07) is 1.78. The fraction of sp³-hybridized carbons (Fsp3) is 0.600. The van der Waals surface area contributed by atoms with Crippen LogP contribution in [0.15, 0.2) is 12.3 Å². The summed E-state index contributed by atoms with van der Waals surface area (Å²) in [5.41, 5.74) is 1.21. The number of hydrogen-bond acceptors (Lipinski definition) is 3. The molecule has 0 bridgehead atoms. The summed E-state index contributed by atoms with van der Waals surface area (Å²) in [4.78, 5) is 0. The Balaban J connectivity index is 2.54. The molecule has 0 unspecified atom stereocenters. The number of hydrogen-bond donors (Lipinski definition) is 1. The Bertz CT molecular complexity index is 299. The third-order valence-corrected chi connectivity index (χ3v) is 2.54. The second-order valence-corrected chi connectivity index (χ2v) is 4.53. The van der Waals surface area contributed by atoms with Crippen molar-refractivity contribution in [2.24, 2.45) is 5.41 Å². The lowest BCUT2D eigenvalue weighted by Gasteiger charge is -2.23. The van der Waals surface area contributed by atoms with Crippen molar-refractivity contribution < 1.29 is 0 Å². The summed E-state index contributed by atoms with van der Waals surface area (Å²) in [7, 11) is 0. The van der Waals surface area contributed by atoms with Gasteiger partial charge in [0.25, 0.3) is 0 Å². The van der Waals surface area contributed by atoms with Crippen LogP contribution in [0.5, 0.6) is 0 Å². The van der Waals surface area contributed by atoms with Crippen LogP contribution in [0.25, 0.3) is 0 Å². The van der Waals surface area contributed by atoms with Crippen molar-refractivity contribution in [3.63, 3.8) is 0 Å². The van der Waals surface area contributed by atoms with E-state index in [1.807, 2.05) is 0 Å². The zero-order valence-electron chi connectivity index (χ0n) is 8.84. The van der Waals surface area contributed by atoms with Gasteiger partial charge in [0.05, 0.1) is 11.9 Å². The third-order valence-electron chi connectivity index (χ3n) is 2.35. The fourth-order valence-corrected chi connectivity index (χ4v) is 1.06. The molecule has 0 atom stereocenters. The van der Waals surface area contributed by atoms with Crippen molar-refractivity contribution >= 4 is 17.3 Å². The number of aromatic nitrogens is 2. The Morgan fingerprint density at radius 3 is 2.79 bits per heavy atom. The van der Waals surface area contributed by atoms with Crippen molar-refractivity contribution in [1.82, 2.24) is 10.2 Å².